The van der Waals surface area contributed by atoms with E-state index in [1.807, 2.05) is 20.4 Å². The molecule has 0 amide bonds. The van der Waals surface area contributed by atoms with Gasteiger partial charge in [0.25, 0.3) is 0 Å². The van der Waals surface area contributed by atoms with E-state index >= 15 is 0 Å². The van der Waals surface area contributed by atoms with Gasteiger partial charge in [0.1, 0.15) is 5.82 Å². The van der Waals surface area contributed by atoms with Crippen LogP contribution in [0.15, 0.2) is 12.1 Å². The van der Waals surface area contributed by atoms with Gasteiger partial charge in [-0.25, -0.2) is 13.2 Å². The van der Waals surface area contributed by atoms with Gasteiger partial charge in [-0.05, 0) is 50.9 Å². The van der Waals surface area contributed by atoms with Gasteiger partial charge in [-0.2, -0.15) is 0 Å². The molecule has 1 rings (SSSR count). The van der Waals surface area contributed by atoms with E-state index in [4.69, 9.17) is 8.85 Å². The Hall–Kier alpha value is -0.853. The van der Waals surface area contributed by atoms with Crippen molar-refractivity contribution in [2.45, 2.75) is 39.3 Å². The number of hydrogen-bond acceptors (Lipinski definition) is 2. The lowest BCUT2D eigenvalue weighted by atomic mass is 10.1. The van der Waals surface area contributed by atoms with Crippen molar-refractivity contribution < 1.29 is 22.0 Å². The predicted octanol–water partition coefficient (Wildman–Crippen LogP) is 4.18. The molecule has 0 aliphatic rings. The number of aryl methyl sites for hydroxylation is 1. The lowest BCUT2D eigenvalue weighted by Crippen LogP contribution is -2.38. The minimum absolute atomic E-state index is 0.188. The largest absolute Gasteiger partial charge is 0.395 e. The maximum atomic E-state index is 13.5. The van der Waals surface area contributed by atoms with E-state index in [0.29, 0.717) is 38.2 Å². The van der Waals surface area contributed by atoms with E-state index in [9.17, 15) is 13.2 Å². The third-order valence-electron chi connectivity index (χ3n) is 3.07. The van der Waals surface area contributed by atoms with Crippen molar-refractivity contribution in [3.8, 4) is 0 Å². The van der Waals surface area contributed by atoms with Crippen LogP contribution in [-0.4, -0.2) is 21.8 Å². The minimum atomic E-state index is -2.24. The molecular formula is C14H21F3O2Si. The summed E-state index contributed by atoms with van der Waals surface area (Å²) in [5.41, 5.74) is 0.188. The number of rotatable bonds is 8. The highest BCUT2D eigenvalue weighted by Crippen LogP contribution is 2.20. The first-order valence-electron chi connectivity index (χ1n) is 6.83. The summed E-state index contributed by atoms with van der Waals surface area (Å²) in [6.45, 7) is 6.91. The fourth-order valence-electron chi connectivity index (χ4n) is 2.15. The average molecular weight is 306 g/mol. The van der Waals surface area contributed by atoms with Crippen molar-refractivity contribution in [2.24, 2.45) is 0 Å². The van der Waals surface area contributed by atoms with Crippen molar-refractivity contribution in [3.63, 3.8) is 0 Å². The molecule has 0 bridgehead atoms. The Bertz CT molecular complexity index is 435. The minimum Gasteiger partial charge on any atom is -0.395 e. The van der Waals surface area contributed by atoms with Crippen molar-refractivity contribution in [2.75, 3.05) is 13.2 Å². The van der Waals surface area contributed by atoms with E-state index in [1.54, 1.807) is 0 Å². The summed E-state index contributed by atoms with van der Waals surface area (Å²) in [6.07, 6.45) is 0.955. The van der Waals surface area contributed by atoms with Gasteiger partial charge in [0.2, 0.25) is 0 Å². The Morgan fingerprint density at radius 1 is 0.950 bits per heavy atom. The zero-order chi connectivity index (χ0) is 15.2. The van der Waals surface area contributed by atoms with E-state index in [2.05, 4.69) is 0 Å². The van der Waals surface area contributed by atoms with Gasteiger partial charge in [-0.1, -0.05) is 0 Å². The molecule has 0 fully saturated rings. The Balaban J connectivity index is 2.61. The number of benzene rings is 1. The molecule has 0 atom stereocenters. The van der Waals surface area contributed by atoms with Gasteiger partial charge in [-0.15, -0.1) is 0 Å². The van der Waals surface area contributed by atoms with Gasteiger partial charge in [-0.3, -0.25) is 0 Å². The summed E-state index contributed by atoms with van der Waals surface area (Å²) < 4.78 is 50.7. The second-order valence-electron chi connectivity index (χ2n) is 4.71. The molecule has 2 nitrogen and oxygen atoms in total. The molecule has 0 aliphatic carbocycles. The summed E-state index contributed by atoms with van der Waals surface area (Å²) in [7, 11) is -2.24. The van der Waals surface area contributed by atoms with Crippen LogP contribution in [0.1, 0.15) is 25.8 Å². The summed E-state index contributed by atoms with van der Waals surface area (Å²) in [4.78, 5) is 0. The molecule has 0 radical (unpaired) electrons. The standard InChI is InChI=1S/C14H21F3O2Si/c1-4-18-20(3,19-5-2)8-6-7-11-9-13(16)14(17)10-12(11)15/h9-10H,4-8H2,1-3H3. The van der Waals surface area contributed by atoms with Gasteiger partial charge in [0.15, 0.2) is 11.6 Å². The smallest absolute Gasteiger partial charge is 0.334 e. The average Bonchev–Trinajstić information content (AvgIpc) is 2.36. The van der Waals surface area contributed by atoms with Crippen LogP contribution in [0.4, 0.5) is 13.2 Å². The Morgan fingerprint density at radius 3 is 2.05 bits per heavy atom. The monoisotopic (exact) mass is 306 g/mol. The maximum Gasteiger partial charge on any atom is 0.334 e. The van der Waals surface area contributed by atoms with Crippen LogP contribution in [0.2, 0.25) is 12.6 Å². The first-order chi connectivity index (χ1) is 9.41. The molecule has 0 aliphatic heterocycles. The number of hydrogen-bond donors (Lipinski definition) is 0. The van der Waals surface area contributed by atoms with Crippen molar-refractivity contribution in [1.82, 2.24) is 0 Å². The molecule has 0 unspecified atom stereocenters. The van der Waals surface area contributed by atoms with E-state index in [1.165, 1.54) is 0 Å². The molecule has 1 aromatic carbocycles. The fraction of sp³-hybridized carbons (Fsp3) is 0.571. The fourth-order valence-corrected chi connectivity index (χ4v) is 4.56. The molecule has 114 valence electrons. The van der Waals surface area contributed by atoms with Crippen LogP contribution in [0.5, 0.6) is 0 Å². The van der Waals surface area contributed by atoms with E-state index in [-0.39, 0.29) is 5.56 Å². The summed E-state index contributed by atoms with van der Waals surface area (Å²) in [5, 5.41) is 0. The lowest BCUT2D eigenvalue weighted by Gasteiger charge is -2.25. The van der Waals surface area contributed by atoms with Gasteiger partial charge < -0.3 is 8.85 Å². The number of halogens is 3. The second-order valence-corrected chi connectivity index (χ2v) is 8.06. The summed E-state index contributed by atoms with van der Waals surface area (Å²) in [5.74, 6) is -2.88. The first-order valence-corrected chi connectivity index (χ1v) is 9.35. The molecule has 0 spiro atoms. The highest BCUT2D eigenvalue weighted by Gasteiger charge is 2.30. The van der Waals surface area contributed by atoms with Crippen LogP contribution in [0.25, 0.3) is 0 Å². The molecule has 20 heavy (non-hydrogen) atoms. The molecule has 0 heterocycles. The Morgan fingerprint density at radius 2 is 1.50 bits per heavy atom. The highest BCUT2D eigenvalue weighted by atomic mass is 28.4. The van der Waals surface area contributed by atoms with Crippen LogP contribution < -0.4 is 0 Å². The third kappa shape index (κ3) is 4.92. The predicted molar refractivity (Wildman–Crippen MR) is 74.3 cm³/mol. The topological polar surface area (TPSA) is 18.5 Å². The Labute approximate surface area is 119 Å². The highest BCUT2D eigenvalue weighted by molar-refractivity contribution is 6.66. The lowest BCUT2D eigenvalue weighted by molar-refractivity contribution is 0.188. The normalized spacial score (nSPS) is 11.9. The molecule has 1 aromatic rings. The zero-order valence-electron chi connectivity index (χ0n) is 12.1. The second kappa shape index (κ2) is 7.80. The Kier molecular flexibility index (Phi) is 6.71. The van der Waals surface area contributed by atoms with Crippen LogP contribution in [0.3, 0.4) is 0 Å². The third-order valence-corrected chi connectivity index (χ3v) is 6.13. The molecule has 0 aromatic heterocycles. The van der Waals surface area contributed by atoms with E-state index < -0.39 is 26.0 Å². The van der Waals surface area contributed by atoms with Gasteiger partial charge in [0, 0.05) is 19.3 Å². The van der Waals surface area contributed by atoms with Gasteiger partial charge in [0.05, 0.1) is 0 Å². The quantitative estimate of drug-likeness (QED) is 0.530. The molecule has 0 saturated heterocycles. The zero-order valence-corrected chi connectivity index (χ0v) is 13.1. The van der Waals surface area contributed by atoms with Crippen molar-refractivity contribution >= 4 is 8.56 Å². The van der Waals surface area contributed by atoms with Crippen LogP contribution >= 0.6 is 0 Å². The van der Waals surface area contributed by atoms with Crippen LogP contribution in [0, 0.1) is 17.5 Å². The SMILES string of the molecule is CCO[Si](C)(CCCc1cc(F)c(F)cc1F)OCC. The van der Waals surface area contributed by atoms with Crippen molar-refractivity contribution in [1.29, 1.82) is 0 Å². The summed E-state index contributed by atoms with van der Waals surface area (Å²) in [6, 6.07) is 2.20. The molecule has 6 heteroatoms. The molecule has 0 saturated carbocycles. The summed E-state index contributed by atoms with van der Waals surface area (Å²) >= 11 is 0. The molecular weight excluding hydrogens is 285 g/mol. The van der Waals surface area contributed by atoms with E-state index in [0.717, 1.165) is 6.07 Å². The maximum absolute atomic E-state index is 13.5. The van der Waals surface area contributed by atoms with Crippen molar-refractivity contribution in [3.05, 3.63) is 35.1 Å². The van der Waals surface area contributed by atoms with Crippen LogP contribution in [-0.2, 0) is 15.3 Å². The van der Waals surface area contributed by atoms with Gasteiger partial charge >= 0.3 is 8.56 Å². The first kappa shape index (κ1) is 17.2. The molecule has 0 N–H and O–H groups in total.